The summed E-state index contributed by atoms with van der Waals surface area (Å²) in [5.41, 5.74) is -0.724. The van der Waals surface area contributed by atoms with Crippen molar-refractivity contribution in [3.05, 3.63) is 56.9 Å². The molecule has 0 saturated heterocycles. The van der Waals surface area contributed by atoms with Crippen molar-refractivity contribution < 1.29 is 9.21 Å². The van der Waals surface area contributed by atoms with Crippen molar-refractivity contribution in [3.8, 4) is 0 Å². The van der Waals surface area contributed by atoms with Crippen LogP contribution in [0.3, 0.4) is 0 Å². The largest absolute Gasteiger partial charge is 0.423 e. The van der Waals surface area contributed by atoms with Crippen LogP contribution in [0.15, 0.2) is 38.3 Å². The molecule has 1 amide bonds. The lowest BCUT2D eigenvalue weighted by Crippen LogP contribution is -2.40. The maximum absolute atomic E-state index is 12.3. The first-order valence-corrected chi connectivity index (χ1v) is 7.38. The van der Waals surface area contributed by atoms with Gasteiger partial charge in [0.25, 0.3) is 5.56 Å². The Balaban J connectivity index is 1.75. The van der Waals surface area contributed by atoms with Crippen LogP contribution in [0.4, 0.5) is 0 Å². The number of benzene rings is 1. The lowest BCUT2D eigenvalue weighted by molar-refractivity contribution is -0.122. The van der Waals surface area contributed by atoms with Gasteiger partial charge in [0, 0.05) is 6.42 Å². The van der Waals surface area contributed by atoms with Crippen molar-refractivity contribution in [2.45, 2.75) is 26.4 Å². The highest BCUT2D eigenvalue weighted by Gasteiger charge is 2.12. The van der Waals surface area contributed by atoms with E-state index in [1.54, 1.807) is 24.3 Å². The molecule has 0 radical (unpaired) electrons. The SMILES string of the molecule is CCc1nnc(CNC(=O)Cn2c(=O)[nH]c3ccccc3c2=O)o1. The van der Waals surface area contributed by atoms with Crippen LogP contribution in [0.5, 0.6) is 0 Å². The average molecular weight is 329 g/mol. The Bertz CT molecular complexity index is 1000. The van der Waals surface area contributed by atoms with Crippen molar-refractivity contribution in [1.29, 1.82) is 0 Å². The van der Waals surface area contributed by atoms with Crippen molar-refractivity contribution in [1.82, 2.24) is 25.1 Å². The highest BCUT2D eigenvalue weighted by Crippen LogP contribution is 2.03. The number of fused-ring (bicyclic) bond motifs is 1. The second-order valence-electron chi connectivity index (χ2n) is 5.09. The molecule has 0 aliphatic heterocycles. The molecule has 0 spiro atoms. The Labute approximate surface area is 135 Å². The number of rotatable bonds is 5. The third-order valence-electron chi connectivity index (χ3n) is 3.44. The summed E-state index contributed by atoms with van der Waals surface area (Å²) in [6, 6.07) is 6.62. The van der Waals surface area contributed by atoms with Gasteiger partial charge in [-0.15, -0.1) is 10.2 Å². The van der Waals surface area contributed by atoms with Crippen molar-refractivity contribution in [2.24, 2.45) is 0 Å². The summed E-state index contributed by atoms with van der Waals surface area (Å²) >= 11 is 0. The second-order valence-corrected chi connectivity index (χ2v) is 5.09. The number of nitrogens with zero attached hydrogens (tertiary/aromatic N) is 3. The van der Waals surface area contributed by atoms with E-state index in [1.165, 1.54) is 0 Å². The Kier molecular flexibility index (Phi) is 4.23. The van der Waals surface area contributed by atoms with Gasteiger partial charge in [-0.2, -0.15) is 0 Å². The van der Waals surface area contributed by atoms with Crippen molar-refractivity contribution in [3.63, 3.8) is 0 Å². The van der Waals surface area contributed by atoms with Crippen LogP contribution >= 0.6 is 0 Å². The molecular formula is C15H15N5O4. The average Bonchev–Trinajstić information content (AvgIpc) is 3.05. The Hall–Kier alpha value is -3.23. The van der Waals surface area contributed by atoms with Gasteiger partial charge in [-0.05, 0) is 12.1 Å². The number of carbonyl (C=O) groups excluding carboxylic acids is 1. The third kappa shape index (κ3) is 3.09. The predicted molar refractivity (Wildman–Crippen MR) is 84.4 cm³/mol. The molecule has 2 aromatic heterocycles. The second kappa shape index (κ2) is 6.49. The third-order valence-corrected chi connectivity index (χ3v) is 3.44. The number of aromatic amines is 1. The first-order valence-electron chi connectivity index (χ1n) is 7.38. The molecule has 2 N–H and O–H groups in total. The van der Waals surface area contributed by atoms with E-state index >= 15 is 0 Å². The normalized spacial score (nSPS) is 10.9. The number of hydrogen-bond donors (Lipinski definition) is 2. The summed E-state index contributed by atoms with van der Waals surface area (Å²) in [5, 5.41) is 10.4. The predicted octanol–water partition coefficient (Wildman–Crippen LogP) is -0.0484. The molecule has 3 aromatic rings. The van der Waals surface area contributed by atoms with Crippen LogP contribution in [0, 0.1) is 0 Å². The highest BCUT2D eigenvalue weighted by molar-refractivity contribution is 5.78. The molecule has 3 rings (SSSR count). The zero-order valence-corrected chi connectivity index (χ0v) is 12.9. The fourth-order valence-electron chi connectivity index (χ4n) is 2.22. The lowest BCUT2D eigenvalue weighted by atomic mass is 10.2. The Morgan fingerprint density at radius 1 is 1.25 bits per heavy atom. The Morgan fingerprint density at radius 2 is 2.00 bits per heavy atom. The summed E-state index contributed by atoms with van der Waals surface area (Å²) in [7, 11) is 0. The van der Waals surface area contributed by atoms with Gasteiger partial charge in [0.1, 0.15) is 6.54 Å². The minimum atomic E-state index is -0.639. The van der Waals surface area contributed by atoms with Crippen LogP contribution in [0.1, 0.15) is 18.7 Å². The number of aryl methyl sites for hydroxylation is 1. The van der Waals surface area contributed by atoms with Crippen LogP contribution in [0.2, 0.25) is 0 Å². The van der Waals surface area contributed by atoms with E-state index < -0.39 is 23.7 Å². The number of hydrogen-bond acceptors (Lipinski definition) is 6. The van der Waals surface area contributed by atoms with Gasteiger partial charge in [-0.25, -0.2) is 4.79 Å². The van der Waals surface area contributed by atoms with Gasteiger partial charge in [-0.3, -0.25) is 14.2 Å². The standard InChI is InChI=1S/C15H15N5O4/c1-2-12-18-19-13(24-12)7-16-11(21)8-20-14(22)9-5-3-4-6-10(9)17-15(20)23/h3-6H,2,7-8H2,1H3,(H,16,21)(H,17,23). The summed E-state index contributed by atoms with van der Waals surface area (Å²) in [6.45, 7) is 1.51. The van der Waals surface area contributed by atoms with Gasteiger partial charge < -0.3 is 14.7 Å². The molecule has 0 unspecified atom stereocenters. The minimum absolute atomic E-state index is 0.0338. The lowest BCUT2D eigenvalue weighted by Gasteiger charge is -2.06. The molecule has 124 valence electrons. The van der Waals surface area contributed by atoms with E-state index in [0.29, 0.717) is 23.2 Å². The number of aromatic nitrogens is 4. The van der Waals surface area contributed by atoms with E-state index in [-0.39, 0.29) is 12.4 Å². The summed E-state index contributed by atoms with van der Waals surface area (Å²) in [5.74, 6) is 0.232. The summed E-state index contributed by atoms with van der Waals surface area (Å²) in [4.78, 5) is 38.9. The number of H-pyrrole nitrogens is 1. The zero-order valence-electron chi connectivity index (χ0n) is 12.9. The Morgan fingerprint density at radius 3 is 2.75 bits per heavy atom. The molecule has 9 heteroatoms. The number of carbonyl (C=O) groups is 1. The molecule has 0 aliphatic rings. The molecule has 2 heterocycles. The smallest absolute Gasteiger partial charge is 0.329 e. The molecular weight excluding hydrogens is 314 g/mol. The van der Waals surface area contributed by atoms with Crippen LogP contribution < -0.4 is 16.6 Å². The van der Waals surface area contributed by atoms with E-state index in [0.717, 1.165) is 4.57 Å². The zero-order chi connectivity index (χ0) is 17.1. The fourth-order valence-corrected chi connectivity index (χ4v) is 2.22. The fraction of sp³-hybridized carbons (Fsp3) is 0.267. The van der Waals surface area contributed by atoms with Crippen LogP contribution in [-0.4, -0.2) is 25.7 Å². The van der Waals surface area contributed by atoms with Crippen molar-refractivity contribution >= 4 is 16.8 Å². The molecule has 9 nitrogen and oxygen atoms in total. The topological polar surface area (TPSA) is 123 Å². The van der Waals surface area contributed by atoms with Crippen LogP contribution in [0.25, 0.3) is 10.9 Å². The molecule has 0 fully saturated rings. The minimum Gasteiger partial charge on any atom is -0.423 e. The molecule has 0 atom stereocenters. The van der Waals surface area contributed by atoms with Gasteiger partial charge in [0.05, 0.1) is 17.4 Å². The van der Waals surface area contributed by atoms with Gasteiger partial charge in [0.2, 0.25) is 17.7 Å². The van der Waals surface area contributed by atoms with Gasteiger partial charge in [-0.1, -0.05) is 19.1 Å². The van der Waals surface area contributed by atoms with Crippen molar-refractivity contribution in [2.75, 3.05) is 0 Å². The van der Waals surface area contributed by atoms with Gasteiger partial charge >= 0.3 is 5.69 Å². The number of amides is 1. The quantitative estimate of drug-likeness (QED) is 0.676. The molecule has 0 saturated carbocycles. The molecule has 0 bridgehead atoms. The van der Waals surface area contributed by atoms with E-state index in [9.17, 15) is 14.4 Å². The molecule has 24 heavy (non-hydrogen) atoms. The van der Waals surface area contributed by atoms with Crippen LogP contribution in [-0.2, 0) is 24.3 Å². The maximum atomic E-state index is 12.3. The first-order chi connectivity index (χ1) is 11.6. The highest BCUT2D eigenvalue weighted by atomic mass is 16.4. The summed E-state index contributed by atoms with van der Waals surface area (Å²) in [6.07, 6.45) is 0.600. The number of para-hydroxylation sites is 1. The van der Waals surface area contributed by atoms with E-state index in [2.05, 4.69) is 20.5 Å². The number of nitrogens with one attached hydrogen (secondary N) is 2. The van der Waals surface area contributed by atoms with Gasteiger partial charge in [0.15, 0.2) is 0 Å². The maximum Gasteiger partial charge on any atom is 0.329 e. The van der Waals surface area contributed by atoms with E-state index in [4.69, 9.17) is 4.42 Å². The first kappa shape index (κ1) is 15.7. The monoisotopic (exact) mass is 329 g/mol. The molecule has 1 aromatic carbocycles. The molecule has 0 aliphatic carbocycles. The summed E-state index contributed by atoms with van der Waals surface area (Å²) < 4.78 is 6.12. The van der Waals surface area contributed by atoms with E-state index in [1.807, 2.05) is 6.92 Å².